The van der Waals surface area contributed by atoms with Crippen LogP contribution in [0.15, 0.2) is 0 Å². The number of hydrogen-bond donors (Lipinski definition) is 2. The number of piperazine rings is 1. The number of hydrogen-bond acceptors (Lipinski definition) is 4. The summed E-state index contributed by atoms with van der Waals surface area (Å²) in [7, 11) is 0. The topological polar surface area (TPSA) is 104 Å². The van der Waals surface area contributed by atoms with Crippen LogP contribution in [0.1, 0.15) is 32.6 Å². The predicted molar refractivity (Wildman–Crippen MR) is 67.4 cm³/mol. The lowest BCUT2D eigenvalue weighted by Gasteiger charge is -2.36. The summed E-state index contributed by atoms with van der Waals surface area (Å²) < 4.78 is 0. The summed E-state index contributed by atoms with van der Waals surface area (Å²) in [4.78, 5) is 47.6. The van der Waals surface area contributed by atoms with E-state index in [0.29, 0.717) is 19.3 Å². The lowest BCUT2D eigenvalue weighted by Crippen LogP contribution is -2.59. The first-order valence-corrected chi connectivity index (χ1v) is 6.77. The van der Waals surface area contributed by atoms with Gasteiger partial charge in [-0.2, -0.15) is 0 Å². The molecule has 1 aliphatic carbocycles. The lowest BCUT2D eigenvalue weighted by molar-refractivity contribution is -0.154. The SMILES string of the molecule is CC1C(=O)NC(=O)CN1C(=O)C1CCCC(C(=O)O)C1. The Morgan fingerprint density at radius 3 is 2.55 bits per heavy atom. The van der Waals surface area contributed by atoms with E-state index in [0.717, 1.165) is 0 Å². The fourth-order valence-electron chi connectivity index (χ4n) is 2.86. The first kappa shape index (κ1) is 14.5. The molecule has 1 aliphatic heterocycles. The van der Waals surface area contributed by atoms with Crippen molar-refractivity contribution in [1.82, 2.24) is 10.2 Å². The second kappa shape index (κ2) is 5.60. The van der Waals surface area contributed by atoms with Gasteiger partial charge in [0, 0.05) is 5.92 Å². The van der Waals surface area contributed by atoms with Crippen molar-refractivity contribution in [3.8, 4) is 0 Å². The molecule has 1 saturated heterocycles. The highest BCUT2D eigenvalue weighted by molar-refractivity contribution is 6.04. The van der Waals surface area contributed by atoms with Gasteiger partial charge in [-0.05, 0) is 26.2 Å². The quantitative estimate of drug-likeness (QED) is 0.680. The summed E-state index contributed by atoms with van der Waals surface area (Å²) in [6, 6.07) is -0.689. The zero-order valence-corrected chi connectivity index (χ0v) is 11.3. The minimum atomic E-state index is -0.886. The number of carboxylic acid groups (broad SMARTS) is 1. The molecule has 1 heterocycles. The van der Waals surface area contributed by atoms with Crippen molar-refractivity contribution in [2.24, 2.45) is 11.8 Å². The lowest BCUT2D eigenvalue weighted by atomic mass is 9.80. The van der Waals surface area contributed by atoms with E-state index >= 15 is 0 Å². The van der Waals surface area contributed by atoms with Crippen LogP contribution in [0.3, 0.4) is 0 Å². The van der Waals surface area contributed by atoms with Gasteiger partial charge in [0.05, 0.1) is 5.92 Å². The standard InChI is InChI=1S/C13H18N2O5/c1-7-11(17)14-10(16)6-15(7)12(18)8-3-2-4-9(5-8)13(19)20/h7-9H,2-6H2,1H3,(H,19,20)(H,14,16,17). The maximum atomic E-state index is 12.4. The van der Waals surface area contributed by atoms with Gasteiger partial charge in [-0.25, -0.2) is 0 Å². The van der Waals surface area contributed by atoms with E-state index in [1.165, 1.54) is 4.90 Å². The molecule has 7 heteroatoms. The first-order chi connectivity index (χ1) is 9.40. The number of nitrogens with one attached hydrogen (secondary N) is 1. The maximum absolute atomic E-state index is 12.4. The van der Waals surface area contributed by atoms with E-state index in [2.05, 4.69) is 5.32 Å². The van der Waals surface area contributed by atoms with Gasteiger partial charge in [0.25, 0.3) is 0 Å². The number of carbonyl (C=O) groups excluding carboxylic acids is 3. The molecule has 110 valence electrons. The van der Waals surface area contributed by atoms with Crippen LogP contribution in [0.4, 0.5) is 0 Å². The molecule has 2 fully saturated rings. The molecule has 0 aromatic carbocycles. The van der Waals surface area contributed by atoms with E-state index in [1.54, 1.807) is 6.92 Å². The van der Waals surface area contributed by atoms with E-state index in [4.69, 9.17) is 5.11 Å². The van der Waals surface area contributed by atoms with Crippen LogP contribution in [0.2, 0.25) is 0 Å². The Hall–Kier alpha value is -1.92. The zero-order valence-electron chi connectivity index (χ0n) is 11.3. The third kappa shape index (κ3) is 2.81. The van der Waals surface area contributed by atoms with Crippen molar-refractivity contribution in [3.63, 3.8) is 0 Å². The van der Waals surface area contributed by atoms with Gasteiger partial charge >= 0.3 is 5.97 Å². The molecule has 0 spiro atoms. The molecule has 1 saturated carbocycles. The second-order valence-corrected chi connectivity index (χ2v) is 5.45. The number of aliphatic carboxylic acids is 1. The zero-order chi connectivity index (χ0) is 14.9. The van der Waals surface area contributed by atoms with Crippen molar-refractivity contribution in [2.45, 2.75) is 38.6 Å². The number of carbonyl (C=O) groups is 4. The highest BCUT2D eigenvalue weighted by Gasteiger charge is 2.39. The summed E-state index contributed by atoms with van der Waals surface area (Å²) in [5.41, 5.74) is 0. The third-order valence-electron chi connectivity index (χ3n) is 4.08. The molecule has 2 rings (SSSR count). The smallest absolute Gasteiger partial charge is 0.306 e. The van der Waals surface area contributed by atoms with Gasteiger partial charge in [0.15, 0.2) is 0 Å². The molecule has 3 amide bonds. The molecular weight excluding hydrogens is 264 g/mol. The van der Waals surface area contributed by atoms with Crippen molar-refractivity contribution in [2.75, 3.05) is 6.54 Å². The molecule has 0 radical (unpaired) electrons. The molecular formula is C13H18N2O5. The molecule has 0 bridgehead atoms. The first-order valence-electron chi connectivity index (χ1n) is 6.77. The average molecular weight is 282 g/mol. The van der Waals surface area contributed by atoms with E-state index in [-0.39, 0.29) is 18.9 Å². The van der Waals surface area contributed by atoms with Crippen LogP contribution >= 0.6 is 0 Å². The van der Waals surface area contributed by atoms with E-state index < -0.39 is 35.7 Å². The van der Waals surface area contributed by atoms with E-state index in [9.17, 15) is 19.2 Å². The van der Waals surface area contributed by atoms with Gasteiger partial charge in [-0.3, -0.25) is 24.5 Å². The fourth-order valence-corrected chi connectivity index (χ4v) is 2.86. The van der Waals surface area contributed by atoms with Crippen LogP contribution < -0.4 is 5.32 Å². The van der Waals surface area contributed by atoms with Crippen LogP contribution in [0.5, 0.6) is 0 Å². The Bertz CT molecular complexity index is 462. The van der Waals surface area contributed by atoms with Crippen LogP contribution in [0, 0.1) is 11.8 Å². The van der Waals surface area contributed by atoms with Gasteiger partial charge in [-0.1, -0.05) is 6.42 Å². The highest BCUT2D eigenvalue weighted by Crippen LogP contribution is 2.31. The number of rotatable bonds is 2. The van der Waals surface area contributed by atoms with Crippen LogP contribution in [-0.2, 0) is 19.2 Å². The normalized spacial score (nSPS) is 30.9. The van der Waals surface area contributed by atoms with Gasteiger partial charge in [0.2, 0.25) is 17.7 Å². The van der Waals surface area contributed by atoms with Crippen molar-refractivity contribution < 1.29 is 24.3 Å². The summed E-state index contributed by atoms with van der Waals surface area (Å²) in [6.45, 7) is 1.43. The minimum absolute atomic E-state index is 0.139. The molecule has 2 aliphatic rings. The Balaban J connectivity index is 2.08. The Labute approximate surface area is 116 Å². The molecule has 2 N–H and O–H groups in total. The minimum Gasteiger partial charge on any atom is -0.481 e. The Morgan fingerprint density at radius 2 is 1.90 bits per heavy atom. The largest absolute Gasteiger partial charge is 0.481 e. The predicted octanol–water partition coefficient (Wildman–Crippen LogP) is -0.249. The molecule has 20 heavy (non-hydrogen) atoms. The molecule has 0 aromatic heterocycles. The summed E-state index contributed by atoms with van der Waals surface area (Å²) in [5, 5.41) is 11.2. The van der Waals surface area contributed by atoms with Crippen molar-refractivity contribution in [1.29, 1.82) is 0 Å². The maximum Gasteiger partial charge on any atom is 0.306 e. The van der Waals surface area contributed by atoms with Gasteiger partial charge in [0.1, 0.15) is 12.6 Å². The fraction of sp³-hybridized carbons (Fsp3) is 0.692. The number of nitrogens with zero attached hydrogens (tertiary/aromatic N) is 1. The molecule has 7 nitrogen and oxygen atoms in total. The van der Waals surface area contributed by atoms with Crippen molar-refractivity contribution >= 4 is 23.7 Å². The third-order valence-corrected chi connectivity index (χ3v) is 4.08. The van der Waals surface area contributed by atoms with Gasteiger partial charge in [-0.15, -0.1) is 0 Å². The summed E-state index contributed by atoms with van der Waals surface area (Å²) in [5.74, 6) is -3.07. The molecule has 3 unspecified atom stereocenters. The van der Waals surface area contributed by atoms with Crippen molar-refractivity contribution in [3.05, 3.63) is 0 Å². The average Bonchev–Trinajstić information content (AvgIpc) is 2.42. The highest BCUT2D eigenvalue weighted by atomic mass is 16.4. The van der Waals surface area contributed by atoms with Crippen LogP contribution in [0.25, 0.3) is 0 Å². The monoisotopic (exact) mass is 282 g/mol. The Morgan fingerprint density at radius 1 is 1.25 bits per heavy atom. The van der Waals surface area contributed by atoms with Crippen LogP contribution in [-0.4, -0.2) is 46.3 Å². The summed E-state index contributed by atoms with van der Waals surface area (Å²) in [6.07, 6.45) is 2.15. The number of amides is 3. The molecule has 3 atom stereocenters. The number of carboxylic acids is 1. The second-order valence-electron chi connectivity index (χ2n) is 5.45. The van der Waals surface area contributed by atoms with Gasteiger partial charge < -0.3 is 10.0 Å². The summed E-state index contributed by atoms with van der Waals surface area (Å²) >= 11 is 0. The van der Waals surface area contributed by atoms with E-state index in [1.807, 2.05) is 0 Å². The Kier molecular flexibility index (Phi) is 4.06. The molecule has 0 aromatic rings. The number of imide groups is 1.